The van der Waals surface area contributed by atoms with Crippen LogP contribution in [0.3, 0.4) is 0 Å². The Labute approximate surface area is 107 Å². The third-order valence-corrected chi connectivity index (χ3v) is 2.98. The van der Waals surface area contributed by atoms with Crippen molar-refractivity contribution in [3.05, 3.63) is 22.8 Å². The van der Waals surface area contributed by atoms with Crippen molar-refractivity contribution < 1.29 is 0 Å². The van der Waals surface area contributed by atoms with Crippen molar-refractivity contribution in [2.24, 2.45) is 0 Å². The molecular formula is C12H20BrN3. The van der Waals surface area contributed by atoms with E-state index in [2.05, 4.69) is 64.7 Å². The Balaban J connectivity index is 2.77. The molecule has 0 radical (unpaired) electrons. The fraction of sp³-hybridized carbons (Fsp3) is 0.583. The van der Waals surface area contributed by atoms with Gasteiger partial charge in [0, 0.05) is 29.8 Å². The van der Waals surface area contributed by atoms with E-state index < -0.39 is 0 Å². The molecule has 3 nitrogen and oxygen atoms in total. The van der Waals surface area contributed by atoms with E-state index in [1.165, 1.54) is 0 Å². The van der Waals surface area contributed by atoms with Crippen LogP contribution in [-0.4, -0.2) is 43.1 Å². The highest BCUT2D eigenvalue weighted by Crippen LogP contribution is 2.17. The maximum absolute atomic E-state index is 4.44. The van der Waals surface area contributed by atoms with Crippen LogP contribution in [0.25, 0.3) is 0 Å². The molecule has 0 saturated heterocycles. The molecule has 1 heterocycles. The molecule has 0 bridgehead atoms. The first-order chi connectivity index (χ1) is 7.54. The van der Waals surface area contributed by atoms with E-state index in [-0.39, 0.29) is 0 Å². The zero-order chi connectivity index (χ0) is 12.1. The Morgan fingerprint density at radius 3 is 2.50 bits per heavy atom. The fourth-order valence-electron chi connectivity index (χ4n) is 1.86. The first-order valence-corrected chi connectivity index (χ1v) is 6.36. The molecule has 0 amide bonds. The molecule has 90 valence electrons. The smallest absolute Gasteiger partial charge is 0.128 e. The zero-order valence-corrected chi connectivity index (χ0v) is 12.0. The van der Waals surface area contributed by atoms with Crippen LogP contribution in [0.2, 0.25) is 0 Å². The summed E-state index contributed by atoms with van der Waals surface area (Å²) in [6, 6.07) is 4.56. The van der Waals surface area contributed by atoms with Gasteiger partial charge in [-0.1, -0.05) is 0 Å². The minimum Gasteiger partial charge on any atom is -0.353 e. The molecule has 0 fully saturated rings. The molecule has 0 N–H and O–H groups in total. The van der Waals surface area contributed by atoms with Crippen LogP contribution in [0.4, 0.5) is 5.82 Å². The molecule has 16 heavy (non-hydrogen) atoms. The normalized spacial score (nSPS) is 12.9. The molecule has 0 aliphatic heterocycles. The summed E-state index contributed by atoms with van der Waals surface area (Å²) in [5.41, 5.74) is 0. The van der Waals surface area contributed by atoms with E-state index >= 15 is 0 Å². The van der Waals surface area contributed by atoms with Crippen LogP contribution in [0.15, 0.2) is 22.8 Å². The number of likely N-dealkylation sites (N-methyl/N-ethyl adjacent to an activating group) is 2. The van der Waals surface area contributed by atoms with Crippen molar-refractivity contribution in [3.63, 3.8) is 0 Å². The van der Waals surface area contributed by atoms with Crippen molar-refractivity contribution in [2.75, 3.05) is 32.1 Å². The predicted octanol–water partition coefficient (Wildman–Crippen LogP) is 2.62. The lowest BCUT2D eigenvalue weighted by Gasteiger charge is -2.31. The summed E-state index contributed by atoms with van der Waals surface area (Å²) in [7, 11) is 4.19. The van der Waals surface area contributed by atoms with Crippen molar-refractivity contribution in [1.29, 1.82) is 0 Å². The van der Waals surface area contributed by atoms with Gasteiger partial charge in [0.1, 0.15) is 5.82 Å². The van der Waals surface area contributed by atoms with E-state index in [1.807, 2.05) is 12.3 Å². The molecule has 0 aromatic carbocycles. The summed E-state index contributed by atoms with van der Waals surface area (Å²) in [5.74, 6) is 1.04. The highest BCUT2D eigenvalue weighted by Gasteiger charge is 2.14. The van der Waals surface area contributed by atoms with Gasteiger partial charge < -0.3 is 9.80 Å². The Morgan fingerprint density at radius 1 is 1.38 bits per heavy atom. The predicted molar refractivity (Wildman–Crippen MR) is 73.0 cm³/mol. The zero-order valence-electron chi connectivity index (χ0n) is 10.4. The van der Waals surface area contributed by atoms with Gasteiger partial charge in [-0.25, -0.2) is 4.98 Å². The van der Waals surface area contributed by atoms with Gasteiger partial charge in [-0.15, -0.1) is 0 Å². The molecule has 0 saturated carbocycles. The van der Waals surface area contributed by atoms with Gasteiger partial charge in [-0.05, 0) is 56.0 Å². The third-order valence-electron chi connectivity index (χ3n) is 2.51. The maximum Gasteiger partial charge on any atom is 0.128 e. The lowest BCUT2D eigenvalue weighted by atomic mass is 10.2. The Kier molecular flexibility index (Phi) is 5.22. The second kappa shape index (κ2) is 6.21. The van der Waals surface area contributed by atoms with Crippen molar-refractivity contribution >= 4 is 21.7 Å². The largest absolute Gasteiger partial charge is 0.353 e. The van der Waals surface area contributed by atoms with Gasteiger partial charge in [0.25, 0.3) is 0 Å². The highest BCUT2D eigenvalue weighted by molar-refractivity contribution is 9.10. The first-order valence-electron chi connectivity index (χ1n) is 5.57. The lowest BCUT2D eigenvalue weighted by Crippen LogP contribution is -2.40. The average molecular weight is 286 g/mol. The molecule has 0 aliphatic carbocycles. The Bertz CT molecular complexity index is 311. The van der Waals surface area contributed by atoms with E-state index in [0.717, 1.165) is 23.4 Å². The summed E-state index contributed by atoms with van der Waals surface area (Å²) < 4.78 is 1.02. The number of nitrogens with zero attached hydrogens (tertiary/aromatic N) is 3. The van der Waals surface area contributed by atoms with E-state index in [9.17, 15) is 0 Å². The second-order valence-electron chi connectivity index (χ2n) is 4.23. The monoisotopic (exact) mass is 285 g/mol. The van der Waals surface area contributed by atoms with E-state index in [4.69, 9.17) is 0 Å². The molecular weight excluding hydrogens is 266 g/mol. The average Bonchev–Trinajstić information content (AvgIpc) is 2.21. The molecule has 1 aromatic heterocycles. The van der Waals surface area contributed by atoms with Crippen LogP contribution in [0.1, 0.15) is 13.8 Å². The second-order valence-corrected chi connectivity index (χ2v) is 5.15. The molecule has 1 rings (SSSR count). The van der Waals surface area contributed by atoms with Gasteiger partial charge in [0.2, 0.25) is 0 Å². The molecule has 1 atom stereocenters. The quantitative estimate of drug-likeness (QED) is 0.829. The minimum absolute atomic E-state index is 0.466. The molecule has 0 aliphatic rings. The maximum atomic E-state index is 4.44. The number of halogens is 1. The molecule has 4 heteroatoms. The third kappa shape index (κ3) is 3.76. The SMILES string of the molecule is CCN(c1ccc(Br)cn1)C(C)CN(C)C. The summed E-state index contributed by atoms with van der Waals surface area (Å²) >= 11 is 3.40. The van der Waals surface area contributed by atoms with Gasteiger partial charge in [-0.2, -0.15) is 0 Å². The van der Waals surface area contributed by atoms with Crippen LogP contribution in [-0.2, 0) is 0 Å². The van der Waals surface area contributed by atoms with Gasteiger partial charge in [0.15, 0.2) is 0 Å². The summed E-state index contributed by atoms with van der Waals surface area (Å²) in [4.78, 5) is 8.95. The first kappa shape index (κ1) is 13.5. The van der Waals surface area contributed by atoms with E-state index in [0.29, 0.717) is 6.04 Å². The van der Waals surface area contributed by atoms with E-state index in [1.54, 1.807) is 0 Å². The molecule has 0 spiro atoms. The summed E-state index contributed by atoms with van der Waals surface area (Å²) in [6.07, 6.45) is 1.85. The van der Waals surface area contributed by atoms with Crippen LogP contribution >= 0.6 is 15.9 Å². The van der Waals surface area contributed by atoms with Crippen LogP contribution < -0.4 is 4.90 Å². The summed E-state index contributed by atoms with van der Waals surface area (Å²) in [5, 5.41) is 0. The Morgan fingerprint density at radius 2 is 2.06 bits per heavy atom. The van der Waals surface area contributed by atoms with Crippen molar-refractivity contribution in [2.45, 2.75) is 19.9 Å². The highest BCUT2D eigenvalue weighted by atomic mass is 79.9. The van der Waals surface area contributed by atoms with Crippen LogP contribution in [0, 0.1) is 0 Å². The fourth-order valence-corrected chi connectivity index (χ4v) is 2.10. The van der Waals surface area contributed by atoms with Crippen molar-refractivity contribution in [3.8, 4) is 0 Å². The number of pyridine rings is 1. The minimum atomic E-state index is 0.466. The topological polar surface area (TPSA) is 19.4 Å². The lowest BCUT2D eigenvalue weighted by molar-refractivity contribution is 0.372. The number of rotatable bonds is 5. The van der Waals surface area contributed by atoms with Gasteiger partial charge in [0.05, 0.1) is 0 Å². The Hall–Kier alpha value is -0.610. The van der Waals surface area contributed by atoms with Crippen LogP contribution in [0.5, 0.6) is 0 Å². The number of hydrogen-bond acceptors (Lipinski definition) is 3. The van der Waals surface area contributed by atoms with Gasteiger partial charge in [-0.3, -0.25) is 0 Å². The number of anilines is 1. The number of hydrogen-bond donors (Lipinski definition) is 0. The number of aromatic nitrogens is 1. The van der Waals surface area contributed by atoms with Gasteiger partial charge >= 0.3 is 0 Å². The summed E-state index contributed by atoms with van der Waals surface area (Å²) in [6.45, 7) is 6.40. The molecule has 1 unspecified atom stereocenters. The molecule has 1 aromatic rings. The van der Waals surface area contributed by atoms with Crippen molar-refractivity contribution in [1.82, 2.24) is 9.88 Å². The standard InChI is InChI=1S/C12H20BrN3/c1-5-16(10(2)9-15(3)4)12-7-6-11(13)8-14-12/h6-8,10H,5,9H2,1-4H3.